The first-order chi connectivity index (χ1) is 12.6. The van der Waals surface area contributed by atoms with E-state index in [0.29, 0.717) is 23.2 Å². The summed E-state index contributed by atoms with van der Waals surface area (Å²) in [6.07, 6.45) is 1.05. The summed E-state index contributed by atoms with van der Waals surface area (Å²) in [7, 11) is 0. The molecule has 0 aliphatic carbocycles. The van der Waals surface area contributed by atoms with Crippen LogP contribution in [0.2, 0.25) is 5.02 Å². The van der Waals surface area contributed by atoms with Gasteiger partial charge < -0.3 is 10.0 Å². The lowest BCUT2D eigenvalue weighted by Gasteiger charge is -2.32. The number of aliphatic hydroxyl groups is 1. The van der Waals surface area contributed by atoms with E-state index < -0.39 is 0 Å². The fraction of sp³-hybridized carbons (Fsp3) is 0.381. The summed E-state index contributed by atoms with van der Waals surface area (Å²) in [5.74, 6) is 0. The van der Waals surface area contributed by atoms with Gasteiger partial charge in [0.15, 0.2) is 0 Å². The number of aliphatic hydroxyl groups excluding tert-OH is 1. The molecule has 0 unspecified atom stereocenters. The Morgan fingerprint density at radius 2 is 2.12 bits per heavy atom. The Morgan fingerprint density at radius 3 is 2.81 bits per heavy atom. The Kier molecular flexibility index (Phi) is 6.16. The van der Waals surface area contributed by atoms with Crippen molar-refractivity contribution in [2.45, 2.75) is 25.9 Å². The van der Waals surface area contributed by atoms with E-state index in [1.54, 1.807) is 6.07 Å². The van der Waals surface area contributed by atoms with Crippen LogP contribution in [0.3, 0.4) is 0 Å². The molecular weight excluding hydrogens is 346 g/mol. The number of rotatable bonds is 6. The maximum atomic E-state index is 9.23. The summed E-state index contributed by atoms with van der Waals surface area (Å²) in [5, 5.41) is 18.9. The summed E-state index contributed by atoms with van der Waals surface area (Å²) in [6, 6.07) is 16.6. The van der Waals surface area contributed by atoms with Crippen molar-refractivity contribution in [3.05, 3.63) is 64.2 Å². The molecule has 3 rings (SSSR count). The number of aryl methyl sites for hydroxylation is 1. The topological polar surface area (TPSA) is 50.5 Å². The zero-order valence-electron chi connectivity index (χ0n) is 15.0. The minimum Gasteiger partial charge on any atom is -0.395 e. The lowest BCUT2D eigenvalue weighted by atomic mass is 10.1. The summed E-state index contributed by atoms with van der Waals surface area (Å²) in [4.78, 5) is 4.67. The van der Waals surface area contributed by atoms with Gasteiger partial charge in [-0.2, -0.15) is 5.26 Å². The Labute approximate surface area is 160 Å². The molecule has 26 heavy (non-hydrogen) atoms. The van der Waals surface area contributed by atoms with Crippen LogP contribution in [-0.4, -0.2) is 42.3 Å². The molecule has 1 atom stereocenters. The number of β-amino-alcohol motifs (C(OH)–C–C–N with tert-alkyl or cyclic N) is 1. The molecule has 1 aliphatic heterocycles. The number of anilines is 1. The average Bonchev–Trinajstić information content (AvgIpc) is 3.09. The molecule has 2 aromatic carbocycles. The van der Waals surface area contributed by atoms with E-state index in [4.69, 9.17) is 16.9 Å². The van der Waals surface area contributed by atoms with Gasteiger partial charge in [-0.15, -0.1) is 0 Å². The summed E-state index contributed by atoms with van der Waals surface area (Å²) in [5.41, 5.74) is 4.09. The molecule has 0 saturated carbocycles. The molecule has 0 bridgehead atoms. The fourth-order valence-corrected chi connectivity index (χ4v) is 3.80. The average molecular weight is 370 g/mol. The van der Waals surface area contributed by atoms with Gasteiger partial charge in [-0.3, -0.25) is 4.90 Å². The number of nitrogens with zero attached hydrogens (tertiary/aromatic N) is 3. The van der Waals surface area contributed by atoms with E-state index >= 15 is 0 Å². The number of likely N-dealkylation sites (tertiary alicyclic amines) is 1. The summed E-state index contributed by atoms with van der Waals surface area (Å²) >= 11 is 6.30. The lowest BCUT2D eigenvalue weighted by molar-refractivity contribution is 0.220. The van der Waals surface area contributed by atoms with Crippen LogP contribution in [-0.2, 0) is 6.54 Å². The zero-order chi connectivity index (χ0) is 18.5. The molecule has 0 radical (unpaired) electrons. The Balaban J connectivity index is 1.90. The first-order valence-electron chi connectivity index (χ1n) is 8.96. The van der Waals surface area contributed by atoms with Crippen LogP contribution in [0.25, 0.3) is 0 Å². The number of nitriles is 1. The molecule has 0 amide bonds. The van der Waals surface area contributed by atoms with Gasteiger partial charge in [0, 0.05) is 37.9 Å². The van der Waals surface area contributed by atoms with Crippen molar-refractivity contribution in [3.8, 4) is 6.07 Å². The molecule has 1 saturated heterocycles. The lowest BCUT2D eigenvalue weighted by Crippen LogP contribution is -2.38. The van der Waals surface area contributed by atoms with Crippen molar-refractivity contribution < 1.29 is 5.11 Å². The SMILES string of the molecule is Cc1ccccc1CN(c1ccc(C#N)c(Cl)c1)[C@H]1CCN(CCO)C1. The maximum Gasteiger partial charge on any atom is 0.101 e. The Hall–Kier alpha value is -2.06. The van der Waals surface area contributed by atoms with Gasteiger partial charge in [-0.05, 0) is 42.7 Å². The van der Waals surface area contributed by atoms with E-state index in [2.05, 4.69) is 47.1 Å². The van der Waals surface area contributed by atoms with Crippen molar-refractivity contribution in [3.63, 3.8) is 0 Å². The van der Waals surface area contributed by atoms with E-state index in [0.717, 1.165) is 31.7 Å². The van der Waals surface area contributed by atoms with Gasteiger partial charge in [-0.25, -0.2) is 0 Å². The molecule has 1 N–H and O–H groups in total. The van der Waals surface area contributed by atoms with Crippen molar-refractivity contribution in [2.75, 3.05) is 31.1 Å². The monoisotopic (exact) mass is 369 g/mol. The maximum absolute atomic E-state index is 9.23. The number of hydrogen-bond donors (Lipinski definition) is 1. The molecular formula is C21H24ClN3O. The number of hydrogen-bond acceptors (Lipinski definition) is 4. The predicted molar refractivity (Wildman–Crippen MR) is 105 cm³/mol. The van der Waals surface area contributed by atoms with Crippen LogP contribution in [0, 0.1) is 18.3 Å². The van der Waals surface area contributed by atoms with E-state index in [1.807, 2.05) is 12.1 Å². The third-order valence-electron chi connectivity index (χ3n) is 5.11. The van der Waals surface area contributed by atoms with Crippen molar-refractivity contribution in [1.82, 2.24) is 4.90 Å². The highest BCUT2D eigenvalue weighted by Gasteiger charge is 2.28. The van der Waals surface area contributed by atoms with Gasteiger partial charge in [0.2, 0.25) is 0 Å². The van der Waals surface area contributed by atoms with Crippen LogP contribution >= 0.6 is 11.6 Å². The van der Waals surface area contributed by atoms with Crippen LogP contribution in [0.1, 0.15) is 23.1 Å². The van der Waals surface area contributed by atoms with Gasteiger partial charge in [-0.1, -0.05) is 35.9 Å². The quantitative estimate of drug-likeness (QED) is 0.845. The molecule has 5 heteroatoms. The molecule has 2 aromatic rings. The molecule has 1 heterocycles. The number of halogens is 1. The number of benzene rings is 2. The largest absolute Gasteiger partial charge is 0.395 e. The predicted octanol–water partition coefficient (Wildman–Crippen LogP) is 3.59. The molecule has 136 valence electrons. The van der Waals surface area contributed by atoms with Gasteiger partial charge in [0.25, 0.3) is 0 Å². The van der Waals surface area contributed by atoms with Crippen LogP contribution < -0.4 is 4.90 Å². The Bertz CT molecular complexity index is 802. The second kappa shape index (κ2) is 8.55. The van der Waals surface area contributed by atoms with Crippen LogP contribution in [0.5, 0.6) is 0 Å². The van der Waals surface area contributed by atoms with E-state index in [9.17, 15) is 5.11 Å². The van der Waals surface area contributed by atoms with Crippen molar-refractivity contribution in [2.24, 2.45) is 0 Å². The molecule has 1 fully saturated rings. The third kappa shape index (κ3) is 4.19. The minimum atomic E-state index is 0.188. The molecule has 4 nitrogen and oxygen atoms in total. The van der Waals surface area contributed by atoms with Gasteiger partial charge in [0.05, 0.1) is 17.2 Å². The van der Waals surface area contributed by atoms with Crippen LogP contribution in [0.4, 0.5) is 5.69 Å². The molecule has 0 aromatic heterocycles. The van der Waals surface area contributed by atoms with Crippen molar-refractivity contribution in [1.29, 1.82) is 5.26 Å². The normalized spacial score (nSPS) is 17.2. The highest BCUT2D eigenvalue weighted by Crippen LogP contribution is 2.29. The standard InChI is InChI=1S/C21H24ClN3O/c1-16-4-2-3-5-18(16)14-25(20-8-9-24(15-20)10-11-26)19-7-6-17(13-23)21(22)12-19/h2-7,12,20,26H,8-11,14-15H2,1H3/t20-/m0/s1. The van der Waals surface area contributed by atoms with Gasteiger partial charge in [0.1, 0.15) is 6.07 Å². The van der Waals surface area contributed by atoms with Crippen molar-refractivity contribution >= 4 is 17.3 Å². The molecule has 1 aliphatic rings. The summed E-state index contributed by atoms with van der Waals surface area (Å²) < 4.78 is 0. The second-order valence-corrected chi connectivity index (χ2v) is 7.20. The Morgan fingerprint density at radius 1 is 1.31 bits per heavy atom. The first-order valence-corrected chi connectivity index (χ1v) is 9.34. The highest BCUT2D eigenvalue weighted by atomic mass is 35.5. The summed E-state index contributed by atoms with van der Waals surface area (Å²) in [6.45, 7) is 5.73. The minimum absolute atomic E-state index is 0.188. The highest BCUT2D eigenvalue weighted by molar-refractivity contribution is 6.32. The smallest absolute Gasteiger partial charge is 0.101 e. The molecule has 0 spiro atoms. The first kappa shape index (κ1) is 18.7. The third-order valence-corrected chi connectivity index (χ3v) is 5.42. The zero-order valence-corrected chi connectivity index (χ0v) is 15.8. The van der Waals surface area contributed by atoms with E-state index in [-0.39, 0.29) is 6.61 Å². The second-order valence-electron chi connectivity index (χ2n) is 6.80. The van der Waals surface area contributed by atoms with Gasteiger partial charge >= 0.3 is 0 Å². The fourth-order valence-electron chi connectivity index (χ4n) is 3.59. The van der Waals surface area contributed by atoms with Crippen LogP contribution in [0.15, 0.2) is 42.5 Å². The van der Waals surface area contributed by atoms with E-state index in [1.165, 1.54) is 11.1 Å².